The molecule has 0 radical (unpaired) electrons. The van der Waals surface area contributed by atoms with Crippen LogP contribution in [0, 0.1) is 17.3 Å². The number of nitrogens with two attached hydrogens (primary N) is 1. The van der Waals surface area contributed by atoms with E-state index in [1.54, 1.807) is 0 Å². The summed E-state index contributed by atoms with van der Waals surface area (Å²) in [6, 6.07) is 0. The van der Waals surface area contributed by atoms with Crippen molar-refractivity contribution in [2.24, 2.45) is 23.0 Å². The fourth-order valence-electron chi connectivity index (χ4n) is 4.19. The Labute approximate surface area is 110 Å². The molecule has 0 bridgehead atoms. The molecular weight excluding hydrogens is 232 g/mol. The summed E-state index contributed by atoms with van der Waals surface area (Å²) >= 11 is 0. The van der Waals surface area contributed by atoms with E-state index < -0.39 is 5.92 Å². The molecule has 2 rings (SSSR count). The van der Waals surface area contributed by atoms with Crippen molar-refractivity contribution in [3.8, 4) is 0 Å². The first kappa shape index (κ1) is 14.2. The minimum Gasteiger partial charge on any atom is -0.330 e. The molecule has 2 fully saturated rings. The molecule has 3 atom stereocenters. The molecule has 0 spiro atoms. The van der Waals surface area contributed by atoms with Gasteiger partial charge in [-0.3, -0.25) is 0 Å². The molecule has 0 aromatic carbocycles. The van der Waals surface area contributed by atoms with Gasteiger partial charge in [-0.2, -0.15) is 0 Å². The van der Waals surface area contributed by atoms with E-state index >= 15 is 0 Å². The maximum atomic E-state index is 13.5. The Morgan fingerprint density at radius 3 is 2.44 bits per heavy atom. The van der Waals surface area contributed by atoms with E-state index in [1.165, 1.54) is 19.3 Å². The predicted molar refractivity (Wildman–Crippen MR) is 70.6 cm³/mol. The maximum absolute atomic E-state index is 13.5. The zero-order valence-electron chi connectivity index (χ0n) is 11.6. The molecule has 3 unspecified atom stereocenters. The first-order chi connectivity index (χ1) is 8.49. The molecule has 1 nitrogen and oxygen atoms in total. The molecule has 0 aromatic rings. The molecule has 0 saturated heterocycles. The van der Waals surface area contributed by atoms with Crippen molar-refractivity contribution in [2.75, 3.05) is 6.54 Å². The van der Waals surface area contributed by atoms with Crippen LogP contribution in [0.4, 0.5) is 8.78 Å². The van der Waals surface area contributed by atoms with Crippen LogP contribution in [0.15, 0.2) is 0 Å². The van der Waals surface area contributed by atoms with Gasteiger partial charge in [0.1, 0.15) is 0 Å². The monoisotopic (exact) mass is 259 g/mol. The predicted octanol–water partition coefficient (Wildman–Crippen LogP) is 4.36. The number of rotatable bonds is 4. The second-order valence-electron chi connectivity index (χ2n) is 6.74. The summed E-state index contributed by atoms with van der Waals surface area (Å²) in [5.41, 5.74) is 6.16. The molecule has 0 amide bonds. The van der Waals surface area contributed by atoms with Gasteiger partial charge >= 0.3 is 0 Å². The Hall–Kier alpha value is -0.180. The zero-order valence-corrected chi connectivity index (χ0v) is 11.6. The number of halogens is 2. The number of hydrogen-bond acceptors (Lipinski definition) is 1. The van der Waals surface area contributed by atoms with Crippen LogP contribution in [0.3, 0.4) is 0 Å². The lowest BCUT2D eigenvalue weighted by Gasteiger charge is -2.36. The molecule has 2 aliphatic carbocycles. The molecule has 0 aliphatic heterocycles. The Kier molecular flexibility index (Phi) is 4.30. The zero-order chi connectivity index (χ0) is 13.2. The van der Waals surface area contributed by atoms with Gasteiger partial charge in [-0.15, -0.1) is 0 Å². The van der Waals surface area contributed by atoms with Crippen molar-refractivity contribution >= 4 is 0 Å². The van der Waals surface area contributed by atoms with E-state index in [0.29, 0.717) is 13.0 Å². The van der Waals surface area contributed by atoms with E-state index in [2.05, 4.69) is 6.92 Å². The lowest BCUT2D eigenvalue weighted by molar-refractivity contribution is -0.0592. The first-order valence-corrected chi connectivity index (χ1v) is 7.56. The Bertz CT molecular complexity index is 280. The molecule has 2 saturated carbocycles. The molecule has 0 aromatic heterocycles. The Morgan fingerprint density at radius 2 is 1.89 bits per heavy atom. The van der Waals surface area contributed by atoms with Crippen molar-refractivity contribution in [3.63, 3.8) is 0 Å². The van der Waals surface area contributed by atoms with Crippen molar-refractivity contribution in [1.29, 1.82) is 0 Å². The average molecular weight is 259 g/mol. The molecule has 106 valence electrons. The fourth-order valence-corrected chi connectivity index (χ4v) is 4.19. The maximum Gasteiger partial charge on any atom is 0.248 e. The highest BCUT2D eigenvalue weighted by atomic mass is 19.3. The minimum atomic E-state index is -2.42. The van der Waals surface area contributed by atoms with E-state index in [0.717, 1.165) is 25.2 Å². The van der Waals surface area contributed by atoms with Crippen LogP contribution >= 0.6 is 0 Å². The Balaban J connectivity index is 1.94. The van der Waals surface area contributed by atoms with Crippen LogP contribution in [0.5, 0.6) is 0 Å². The molecule has 0 heterocycles. The van der Waals surface area contributed by atoms with Crippen molar-refractivity contribution in [1.82, 2.24) is 0 Å². The molecule has 3 heteroatoms. The summed E-state index contributed by atoms with van der Waals surface area (Å²) < 4.78 is 26.9. The summed E-state index contributed by atoms with van der Waals surface area (Å²) in [6.07, 6.45) is 7.59. The third kappa shape index (κ3) is 3.23. The fraction of sp³-hybridized carbons (Fsp3) is 1.00. The highest BCUT2D eigenvalue weighted by Gasteiger charge is 2.43. The highest BCUT2D eigenvalue weighted by Crippen LogP contribution is 2.50. The topological polar surface area (TPSA) is 26.0 Å². The summed E-state index contributed by atoms with van der Waals surface area (Å²) in [4.78, 5) is 0. The highest BCUT2D eigenvalue weighted by molar-refractivity contribution is 4.93. The molecule has 18 heavy (non-hydrogen) atoms. The van der Waals surface area contributed by atoms with E-state index in [1.807, 2.05) is 0 Å². The summed E-state index contributed by atoms with van der Waals surface area (Å²) in [5.74, 6) is -1.44. The molecule has 2 N–H and O–H groups in total. The van der Waals surface area contributed by atoms with Gasteiger partial charge in [0, 0.05) is 12.8 Å². The summed E-state index contributed by atoms with van der Waals surface area (Å²) in [5, 5.41) is 0. The molecular formula is C15H27F2N. The average Bonchev–Trinajstić information content (AvgIpc) is 2.72. The van der Waals surface area contributed by atoms with Gasteiger partial charge in [0.25, 0.3) is 0 Å². The van der Waals surface area contributed by atoms with Gasteiger partial charge in [-0.25, -0.2) is 8.78 Å². The Morgan fingerprint density at radius 1 is 1.11 bits per heavy atom. The smallest absolute Gasteiger partial charge is 0.248 e. The van der Waals surface area contributed by atoms with Crippen molar-refractivity contribution in [2.45, 2.75) is 70.6 Å². The lowest BCUT2D eigenvalue weighted by Crippen LogP contribution is -2.34. The SMILES string of the molecule is CCC1CCC(CN)(CC2CCCC(F)(F)C2)C1. The quantitative estimate of drug-likeness (QED) is 0.797. The minimum absolute atomic E-state index is 0.0940. The van der Waals surface area contributed by atoms with E-state index in [9.17, 15) is 8.78 Å². The summed E-state index contributed by atoms with van der Waals surface area (Å²) in [6.45, 7) is 2.91. The van der Waals surface area contributed by atoms with Crippen LogP contribution in [0.25, 0.3) is 0 Å². The van der Waals surface area contributed by atoms with Crippen LogP contribution in [-0.2, 0) is 0 Å². The third-order valence-electron chi connectivity index (χ3n) is 5.28. The lowest BCUT2D eigenvalue weighted by atomic mass is 9.72. The largest absolute Gasteiger partial charge is 0.330 e. The van der Waals surface area contributed by atoms with E-state index in [4.69, 9.17) is 5.73 Å². The second-order valence-corrected chi connectivity index (χ2v) is 6.74. The van der Waals surface area contributed by atoms with Crippen LogP contribution in [0.1, 0.15) is 64.7 Å². The molecule has 2 aliphatic rings. The second kappa shape index (κ2) is 5.44. The first-order valence-electron chi connectivity index (χ1n) is 7.56. The van der Waals surface area contributed by atoms with Gasteiger partial charge in [-0.1, -0.05) is 13.3 Å². The van der Waals surface area contributed by atoms with Gasteiger partial charge in [0.15, 0.2) is 0 Å². The standard InChI is InChI=1S/C15H27F2N/c1-2-12-5-7-14(8-12,11-18)9-13-4-3-6-15(16,17)10-13/h12-13H,2-11,18H2,1H3. The van der Waals surface area contributed by atoms with Crippen LogP contribution in [-0.4, -0.2) is 12.5 Å². The van der Waals surface area contributed by atoms with Crippen LogP contribution < -0.4 is 5.73 Å². The third-order valence-corrected chi connectivity index (χ3v) is 5.28. The van der Waals surface area contributed by atoms with Gasteiger partial charge in [0.05, 0.1) is 0 Å². The van der Waals surface area contributed by atoms with Crippen LogP contribution in [0.2, 0.25) is 0 Å². The van der Waals surface area contributed by atoms with Crippen molar-refractivity contribution in [3.05, 3.63) is 0 Å². The van der Waals surface area contributed by atoms with Gasteiger partial charge in [0.2, 0.25) is 5.92 Å². The summed E-state index contributed by atoms with van der Waals surface area (Å²) in [7, 11) is 0. The normalized spacial score (nSPS) is 40.0. The number of hydrogen-bond donors (Lipinski definition) is 1. The van der Waals surface area contributed by atoms with Gasteiger partial charge in [-0.05, 0) is 62.3 Å². The van der Waals surface area contributed by atoms with E-state index in [-0.39, 0.29) is 24.2 Å². The van der Waals surface area contributed by atoms with Gasteiger partial charge < -0.3 is 5.73 Å². The van der Waals surface area contributed by atoms with Crippen molar-refractivity contribution < 1.29 is 8.78 Å². The number of alkyl halides is 2.